The Morgan fingerprint density at radius 3 is 2.95 bits per heavy atom. The van der Waals surface area contributed by atoms with Gasteiger partial charge in [-0.15, -0.1) is 0 Å². The Kier molecular flexibility index (Phi) is 4.00. The third kappa shape index (κ3) is 2.77. The Labute approximate surface area is 130 Å². The van der Waals surface area contributed by atoms with E-state index in [0.29, 0.717) is 12.5 Å². The Morgan fingerprint density at radius 1 is 1.45 bits per heavy atom. The molecule has 0 N–H and O–H groups in total. The van der Waals surface area contributed by atoms with Gasteiger partial charge in [-0.1, -0.05) is 6.92 Å². The summed E-state index contributed by atoms with van der Waals surface area (Å²) in [7, 11) is 2.03. The summed E-state index contributed by atoms with van der Waals surface area (Å²) in [6.45, 7) is 6.02. The van der Waals surface area contributed by atoms with E-state index in [0.717, 1.165) is 43.3 Å². The van der Waals surface area contributed by atoms with E-state index in [-0.39, 0.29) is 5.91 Å². The summed E-state index contributed by atoms with van der Waals surface area (Å²) >= 11 is 0. The molecule has 1 atom stereocenters. The van der Waals surface area contributed by atoms with E-state index in [2.05, 4.69) is 21.5 Å². The quantitative estimate of drug-likeness (QED) is 0.860. The van der Waals surface area contributed by atoms with Gasteiger partial charge in [0.25, 0.3) is 0 Å². The average molecular weight is 301 g/mol. The second-order valence-electron chi connectivity index (χ2n) is 6.00. The zero-order chi connectivity index (χ0) is 15.7. The van der Waals surface area contributed by atoms with Gasteiger partial charge in [0.05, 0.1) is 5.69 Å². The fourth-order valence-electron chi connectivity index (χ4n) is 3.26. The molecular formula is C16H23N5O. The van der Waals surface area contributed by atoms with Gasteiger partial charge in [0.1, 0.15) is 18.2 Å². The zero-order valence-electron chi connectivity index (χ0n) is 13.5. The summed E-state index contributed by atoms with van der Waals surface area (Å²) in [6.07, 6.45) is 7.51. The molecule has 6 heteroatoms. The maximum atomic E-state index is 12.5. The first-order valence-corrected chi connectivity index (χ1v) is 7.86. The van der Waals surface area contributed by atoms with Gasteiger partial charge in [0.2, 0.25) is 5.91 Å². The van der Waals surface area contributed by atoms with Gasteiger partial charge >= 0.3 is 0 Å². The van der Waals surface area contributed by atoms with Crippen molar-refractivity contribution < 1.29 is 4.79 Å². The van der Waals surface area contributed by atoms with Gasteiger partial charge in [-0.25, -0.2) is 9.97 Å². The van der Waals surface area contributed by atoms with E-state index >= 15 is 0 Å². The molecule has 0 radical (unpaired) electrons. The zero-order valence-corrected chi connectivity index (χ0v) is 13.5. The first-order valence-electron chi connectivity index (χ1n) is 7.86. The number of nitrogens with zero attached hydrogens (tertiary/aromatic N) is 5. The van der Waals surface area contributed by atoms with Crippen LogP contribution < -0.4 is 0 Å². The topological polar surface area (TPSA) is 56.0 Å². The lowest BCUT2D eigenvalue weighted by Crippen LogP contribution is -2.32. The molecule has 0 spiro atoms. The average Bonchev–Trinajstić information content (AvgIpc) is 3.18. The molecule has 22 heavy (non-hydrogen) atoms. The molecule has 3 heterocycles. The van der Waals surface area contributed by atoms with Crippen molar-refractivity contribution in [3.63, 3.8) is 0 Å². The molecule has 2 aromatic rings. The van der Waals surface area contributed by atoms with Crippen molar-refractivity contribution in [1.29, 1.82) is 0 Å². The van der Waals surface area contributed by atoms with Crippen LogP contribution >= 0.6 is 0 Å². The summed E-state index contributed by atoms with van der Waals surface area (Å²) < 4.78 is 4.03. The van der Waals surface area contributed by atoms with Crippen LogP contribution in [0.4, 0.5) is 0 Å². The first kappa shape index (κ1) is 14.8. The summed E-state index contributed by atoms with van der Waals surface area (Å²) in [5, 5.41) is 0. The molecule has 0 saturated carbocycles. The minimum atomic E-state index is 0.168. The van der Waals surface area contributed by atoms with Crippen molar-refractivity contribution in [2.24, 2.45) is 7.05 Å². The molecule has 1 saturated heterocycles. The molecule has 1 fully saturated rings. The summed E-state index contributed by atoms with van der Waals surface area (Å²) in [4.78, 5) is 23.3. The molecule has 3 rings (SSSR count). The lowest BCUT2D eigenvalue weighted by atomic mass is 10.1. The van der Waals surface area contributed by atoms with Crippen LogP contribution in [-0.4, -0.2) is 43.0 Å². The summed E-state index contributed by atoms with van der Waals surface area (Å²) in [5.41, 5.74) is 1.04. The number of aromatic nitrogens is 4. The largest absolute Gasteiger partial charge is 0.340 e. The third-order valence-electron chi connectivity index (χ3n) is 4.36. The van der Waals surface area contributed by atoms with Crippen LogP contribution in [-0.2, 0) is 24.8 Å². The highest BCUT2D eigenvalue weighted by Crippen LogP contribution is 2.26. The Hall–Kier alpha value is -2.11. The summed E-state index contributed by atoms with van der Waals surface area (Å²) in [6, 6.07) is 0. The molecule has 1 amide bonds. The Bertz CT molecular complexity index is 672. The normalized spacial score (nSPS) is 18.1. The number of carbonyl (C=O) groups is 1. The lowest BCUT2D eigenvalue weighted by molar-refractivity contribution is -0.130. The van der Waals surface area contributed by atoms with E-state index in [9.17, 15) is 4.79 Å². The number of likely N-dealkylation sites (tertiary alicyclic amines) is 1. The smallest absolute Gasteiger partial charge is 0.242 e. The minimum Gasteiger partial charge on any atom is -0.340 e. The molecule has 1 aliphatic rings. The Balaban J connectivity index is 1.65. The van der Waals surface area contributed by atoms with Gasteiger partial charge in [0, 0.05) is 51.1 Å². The monoisotopic (exact) mass is 301 g/mol. The van der Waals surface area contributed by atoms with Crippen LogP contribution in [0.25, 0.3) is 0 Å². The maximum Gasteiger partial charge on any atom is 0.242 e. The predicted octanol–water partition coefficient (Wildman–Crippen LogP) is 1.50. The van der Waals surface area contributed by atoms with Gasteiger partial charge in [-0.05, 0) is 13.3 Å². The molecular weight excluding hydrogens is 278 g/mol. The van der Waals surface area contributed by atoms with Crippen LogP contribution in [0.2, 0.25) is 0 Å². The predicted molar refractivity (Wildman–Crippen MR) is 83.5 cm³/mol. The van der Waals surface area contributed by atoms with Crippen LogP contribution in [0.3, 0.4) is 0 Å². The Morgan fingerprint density at radius 2 is 2.27 bits per heavy atom. The molecule has 2 aromatic heterocycles. The molecule has 6 nitrogen and oxygen atoms in total. The van der Waals surface area contributed by atoms with Crippen LogP contribution in [0, 0.1) is 6.92 Å². The van der Waals surface area contributed by atoms with Crippen molar-refractivity contribution in [1.82, 2.24) is 24.0 Å². The number of hydrogen-bond acceptors (Lipinski definition) is 3. The molecule has 0 bridgehead atoms. The van der Waals surface area contributed by atoms with E-state index in [1.807, 2.05) is 35.8 Å². The van der Waals surface area contributed by atoms with Crippen LogP contribution in [0.5, 0.6) is 0 Å². The van der Waals surface area contributed by atoms with Gasteiger partial charge in [-0.2, -0.15) is 0 Å². The van der Waals surface area contributed by atoms with E-state index in [1.54, 1.807) is 6.20 Å². The number of rotatable bonds is 4. The fraction of sp³-hybridized carbons (Fsp3) is 0.562. The van der Waals surface area contributed by atoms with Gasteiger partial charge < -0.3 is 14.0 Å². The maximum absolute atomic E-state index is 12.5. The van der Waals surface area contributed by atoms with Crippen molar-refractivity contribution in [3.8, 4) is 0 Å². The second kappa shape index (κ2) is 5.94. The highest BCUT2D eigenvalue weighted by atomic mass is 16.2. The number of imidazole rings is 2. The van der Waals surface area contributed by atoms with E-state index in [1.165, 1.54) is 0 Å². The van der Waals surface area contributed by atoms with Crippen molar-refractivity contribution >= 4 is 5.91 Å². The molecule has 0 aromatic carbocycles. The minimum absolute atomic E-state index is 0.168. The van der Waals surface area contributed by atoms with Crippen LogP contribution in [0.15, 0.2) is 18.6 Å². The lowest BCUT2D eigenvalue weighted by Gasteiger charge is -2.17. The van der Waals surface area contributed by atoms with Gasteiger partial charge in [0.15, 0.2) is 0 Å². The highest BCUT2D eigenvalue weighted by molar-refractivity contribution is 5.76. The summed E-state index contributed by atoms with van der Waals surface area (Å²) in [5.74, 6) is 2.56. The fourth-order valence-corrected chi connectivity index (χ4v) is 3.26. The number of hydrogen-bond donors (Lipinski definition) is 0. The van der Waals surface area contributed by atoms with Crippen molar-refractivity contribution in [3.05, 3.63) is 35.9 Å². The van der Waals surface area contributed by atoms with Crippen molar-refractivity contribution in [2.45, 2.75) is 39.2 Å². The molecule has 118 valence electrons. The van der Waals surface area contributed by atoms with E-state index in [4.69, 9.17) is 0 Å². The van der Waals surface area contributed by atoms with E-state index < -0.39 is 0 Å². The third-order valence-corrected chi connectivity index (χ3v) is 4.36. The number of carbonyl (C=O) groups excluding carboxylic acids is 1. The SMILES string of the molecule is CCc1nccn1CC(=O)N1CC[C@@H](c2nc(C)cn2C)C1. The van der Waals surface area contributed by atoms with Crippen molar-refractivity contribution in [2.75, 3.05) is 13.1 Å². The molecule has 0 unspecified atom stereocenters. The standard InChI is InChI=1S/C16H23N5O/c1-4-14-17-6-8-20(14)11-15(22)21-7-5-13(10-21)16-18-12(2)9-19(16)3/h6,8-9,13H,4-5,7,10-11H2,1-3H3/t13-/m1/s1. The highest BCUT2D eigenvalue weighted by Gasteiger charge is 2.30. The second-order valence-corrected chi connectivity index (χ2v) is 6.00. The van der Waals surface area contributed by atoms with Gasteiger partial charge in [-0.3, -0.25) is 4.79 Å². The van der Waals surface area contributed by atoms with Crippen LogP contribution in [0.1, 0.15) is 36.6 Å². The molecule has 0 aliphatic carbocycles. The number of amides is 1. The number of aryl methyl sites for hydroxylation is 3. The first-order chi connectivity index (χ1) is 10.6. The molecule has 1 aliphatic heterocycles.